The van der Waals surface area contributed by atoms with Gasteiger partial charge in [-0.15, -0.1) is 0 Å². The standard InChI is InChI=1S/C7H14OS/c1-2-9(8)6-7-4-3-5-7/h7H,2-6H2,1H3. The van der Waals surface area contributed by atoms with Crippen molar-refractivity contribution < 1.29 is 4.21 Å². The van der Waals surface area contributed by atoms with Gasteiger partial charge in [0, 0.05) is 22.3 Å². The van der Waals surface area contributed by atoms with Gasteiger partial charge in [0.05, 0.1) is 0 Å². The molecule has 1 rings (SSSR count). The van der Waals surface area contributed by atoms with E-state index in [4.69, 9.17) is 0 Å². The second-order valence-corrected chi connectivity index (χ2v) is 4.48. The Morgan fingerprint density at radius 1 is 1.56 bits per heavy atom. The first-order valence-electron chi connectivity index (χ1n) is 3.68. The van der Waals surface area contributed by atoms with E-state index in [-0.39, 0.29) is 0 Å². The van der Waals surface area contributed by atoms with E-state index in [2.05, 4.69) is 0 Å². The Morgan fingerprint density at radius 3 is 2.56 bits per heavy atom. The maximum absolute atomic E-state index is 10.9. The van der Waals surface area contributed by atoms with Crippen molar-refractivity contribution in [3.8, 4) is 0 Å². The molecule has 0 aliphatic heterocycles. The molecule has 0 aromatic carbocycles. The monoisotopic (exact) mass is 146 g/mol. The highest BCUT2D eigenvalue weighted by Crippen LogP contribution is 2.26. The normalized spacial score (nSPS) is 23.2. The summed E-state index contributed by atoms with van der Waals surface area (Å²) in [5.41, 5.74) is 0. The molecular weight excluding hydrogens is 132 g/mol. The van der Waals surface area contributed by atoms with Crippen LogP contribution in [0.4, 0.5) is 0 Å². The molecule has 1 atom stereocenters. The van der Waals surface area contributed by atoms with E-state index >= 15 is 0 Å². The van der Waals surface area contributed by atoms with Crippen LogP contribution in [0.3, 0.4) is 0 Å². The third kappa shape index (κ3) is 2.09. The van der Waals surface area contributed by atoms with Crippen LogP contribution in [0.2, 0.25) is 0 Å². The topological polar surface area (TPSA) is 17.1 Å². The van der Waals surface area contributed by atoms with E-state index < -0.39 is 10.8 Å². The summed E-state index contributed by atoms with van der Waals surface area (Å²) in [6.45, 7) is 1.99. The zero-order valence-corrected chi connectivity index (χ0v) is 6.75. The Labute approximate surface area is 59.3 Å². The first kappa shape index (κ1) is 7.26. The molecule has 1 saturated carbocycles. The smallest absolute Gasteiger partial charge is 0.0263 e. The van der Waals surface area contributed by atoms with Crippen LogP contribution in [0.15, 0.2) is 0 Å². The number of hydrogen-bond donors (Lipinski definition) is 0. The van der Waals surface area contributed by atoms with Crippen LogP contribution in [-0.2, 0) is 10.8 Å². The van der Waals surface area contributed by atoms with Gasteiger partial charge in [-0.05, 0) is 18.8 Å². The van der Waals surface area contributed by atoms with Crippen molar-refractivity contribution >= 4 is 10.8 Å². The molecule has 0 spiro atoms. The van der Waals surface area contributed by atoms with Crippen LogP contribution < -0.4 is 0 Å². The molecule has 0 heterocycles. The summed E-state index contributed by atoms with van der Waals surface area (Å²) in [7, 11) is -0.506. The molecule has 0 radical (unpaired) electrons. The molecule has 1 unspecified atom stereocenters. The van der Waals surface area contributed by atoms with Crippen molar-refractivity contribution in [2.24, 2.45) is 5.92 Å². The third-order valence-electron chi connectivity index (χ3n) is 1.97. The fourth-order valence-electron chi connectivity index (χ4n) is 1.04. The minimum absolute atomic E-state index is 0.506. The molecule has 1 aliphatic rings. The Hall–Kier alpha value is 0.150. The van der Waals surface area contributed by atoms with Gasteiger partial charge in [-0.2, -0.15) is 0 Å². The van der Waals surface area contributed by atoms with Gasteiger partial charge in [0.1, 0.15) is 0 Å². The zero-order chi connectivity index (χ0) is 6.69. The minimum atomic E-state index is -0.506. The van der Waals surface area contributed by atoms with Gasteiger partial charge < -0.3 is 0 Å². The Bertz CT molecular complexity index is 107. The maximum Gasteiger partial charge on any atom is 0.0263 e. The van der Waals surface area contributed by atoms with Crippen LogP contribution in [-0.4, -0.2) is 15.7 Å². The second kappa shape index (κ2) is 3.35. The largest absolute Gasteiger partial charge is 0.260 e. The van der Waals surface area contributed by atoms with Gasteiger partial charge >= 0.3 is 0 Å². The van der Waals surface area contributed by atoms with E-state index in [9.17, 15) is 4.21 Å². The SMILES string of the molecule is CCS(=O)CC1CCC1. The fraction of sp³-hybridized carbons (Fsp3) is 1.00. The molecule has 0 N–H and O–H groups in total. The van der Waals surface area contributed by atoms with Crippen molar-refractivity contribution in [2.75, 3.05) is 11.5 Å². The predicted molar refractivity (Wildman–Crippen MR) is 40.9 cm³/mol. The second-order valence-electron chi connectivity index (χ2n) is 2.69. The summed E-state index contributed by atoms with van der Waals surface area (Å²) in [5, 5.41) is 0. The average molecular weight is 146 g/mol. The van der Waals surface area contributed by atoms with Gasteiger partial charge in [0.2, 0.25) is 0 Å². The summed E-state index contributed by atoms with van der Waals surface area (Å²) < 4.78 is 10.9. The van der Waals surface area contributed by atoms with Crippen molar-refractivity contribution in [1.82, 2.24) is 0 Å². The molecular formula is C7H14OS. The van der Waals surface area contributed by atoms with Gasteiger partial charge in [0.25, 0.3) is 0 Å². The molecule has 0 bridgehead atoms. The van der Waals surface area contributed by atoms with Crippen molar-refractivity contribution in [2.45, 2.75) is 26.2 Å². The Balaban J connectivity index is 2.09. The predicted octanol–water partition coefficient (Wildman–Crippen LogP) is 1.56. The third-order valence-corrected chi connectivity index (χ3v) is 3.46. The average Bonchev–Trinajstić information content (AvgIpc) is 1.78. The number of hydrogen-bond acceptors (Lipinski definition) is 1. The summed E-state index contributed by atoms with van der Waals surface area (Å²) in [6, 6.07) is 0. The van der Waals surface area contributed by atoms with Crippen LogP contribution in [0.25, 0.3) is 0 Å². The van der Waals surface area contributed by atoms with Crippen LogP contribution in [0.1, 0.15) is 26.2 Å². The summed E-state index contributed by atoms with van der Waals surface area (Å²) in [4.78, 5) is 0. The molecule has 1 fully saturated rings. The van der Waals surface area contributed by atoms with Gasteiger partial charge in [-0.25, -0.2) is 0 Å². The fourth-order valence-corrected chi connectivity index (χ4v) is 2.14. The first-order valence-corrected chi connectivity index (χ1v) is 5.16. The lowest BCUT2D eigenvalue weighted by atomic mass is 9.87. The molecule has 9 heavy (non-hydrogen) atoms. The molecule has 2 heteroatoms. The highest BCUT2D eigenvalue weighted by molar-refractivity contribution is 7.84. The highest BCUT2D eigenvalue weighted by Gasteiger charge is 2.18. The minimum Gasteiger partial charge on any atom is -0.260 e. The molecule has 0 amide bonds. The van der Waals surface area contributed by atoms with Gasteiger partial charge in [-0.3, -0.25) is 4.21 Å². The Kier molecular flexibility index (Phi) is 2.70. The Morgan fingerprint density at radius 2 is 2.22 bits per heavy atom. The van der Waals surface area contributed by atoms with Crippen LogP contribution >= 0.6 is 0 Å². The first-order chi connectivity index (χ1) is 4.33. The van der Waals surface area contributed by atoms with E-state index in [1.165, 1.54) is 19.3 Å². The lowest BCUT2D eigenvalue weighted by Gasteiger charge is -2.24. The van der Waals surface area contributed by atoms with Crippen molar-refractivity contribution in [1.29, 1.82) is 0 Å². The molecule has 0 aromatic rings. The van der Waals surface area contributed by atoms with E-state index in [1.807, 2.05) is 6.92 Å². The van der Waals surface area contributed by atoms with E-state index in [1.54, 1.807) is 0 Å². The molecule has 0 saturated heterocycles. The zero-order valence-electron chi connectivity index (χ0n) is 5.93. The highest BCUT2D eigenvalue weighted by atomic mass is 32.2. The van der Waals surface area contributed by atoms with E-state index in [0.29, 0.717) is 0 Å². The van der Waals surface area contributed by atoms with Crippen molar-refractivity contribution in [3.05, 3.63) is 0 Å². The van der Waals surface area contributed by atoms with Gasteiger partial charge in [-0.1, -0.05) is 13.3 Å². The molecule has 54 valence electrons. The maximum atomic E-state index is 10.9. The molecule has 0 aromatic heterocycles. The quantitative estimate of drug-likeness (QED) is 0.590. The molecule has 1 nitrogen and oxygen atoms in total. The van der Waals surface area contributed by atoms with Gasteiger partial charge in [0.15, 0.2) is 0 Å². The lowest BCUT2D eigenvalue weighted by Crippen LogP contribution is -2.19. The summed E-state index contributed by atoms with van der Waals surface area (Å²) in [6.07, 6.45) is 4.02. The van der Waals surface area contributed by atoms with E-state index in [0.717, 1.165) is 17.4 Å². The van der Waals surface area contributed by atoms with Crippen LogP contribution in [0.5, 0.6) is 0 Å². The summed E-state index contributed by atoms with van der Waals surface area (Å²) >= 11 is 0. The molecule has 1 aliphatic carbocycles. The number of rotatable bonds is 3. The lowest BCUT2D eigenvalue weighted by molar-refractivity contribution is 0.350. The van der Waals surface area contributed by atoms with Crippen LogP contribution in [0, 0.1) is 5.92 Å². The van der Waals surface area contributed by atoms with Crippen molar-refractivity contribution in [3.63, 3.8) is 0 Å². The summed E-state index contributed by atoms with van der Waals surface area (Å²) in [5.74, 6) is 2.62.